The number of ether oxygens (including phenoxy) is 1. The van der Waals surface area contributed by atoms with E-state index in [4.69, 9.17) is 4.74 Å². The fourth-order valence-electron chi connectivity index (χ4n) is 3.38. The maximum atomic E-state index is 12.8. The molecular formula is C22H24N2O5. The Balaban J connectivity index is 1.73. The van der Waals surface area contributed by atoms with Crippen molar-refractivity contribution in [2.24, 2.45) is 0 Å². The first-order valence-electron chi connectivity index (χ1n) is 9.55. The van der Waals surface area contributed by atoms with Crippen LogP contribution in [-0.4, -0.2) is 35.6 Å². The second kappa shape index (κ2) is 9.34. The van der Waals surface area contributed by atoms with E-state index < -0.39 is 24.0 Å². The molecule has 7 nitrogen and oxygen atoms in total. The summed E-state index contributed by atoms with van der Waals surface area (Å²) in [6, 6.07) is 13.2. The van der Waals surface area contributed by atoms with Crippen LogP contribution in [0.2, 0.25) is 0 Å². The maximum absolute atomic E-state index is 12.8. The third-order valence-corrected chi connectivity index (χ3v) is 4.86. The Hall–Kier alpha value is -3.19. The average molecular weight is 396 g/mol. The Morgan fingerprint density at radius 2 is 1.97 bits per heavy atom. The number of carboxylic acids is 1. The summed E-state index contributed by atoms with van der Waals surface area (Å²) in [5, 5.41) is 14.8. The molecule has 0 spiro atoms. The van der Waals surface area contributed by atoms with Gasteiger partial charge in [0, 0.05) is 17.9 Å². The van der Waals surface area contributed by atoms with Gasteiger partial charge in [-0.3, -0.25) is 14.4 Å². The van der Waals surface area contributed by atoms with Crippen molar-refractivity contribution < 1.29 is 24.2 Å². The highest BCUT2D eigenvalue weighted by molar-refractivity contribution is 5.98. The molecule has 1 heterocycles. The summed E-state index contributed by atoms with van der Waals surface area (Å²) in [7, 11) is 0. The zero-order valence-electron chi connectivity index (χ0n) is 16.2. The summed E-state index contributed by atoms with van der Waals surface area (Å²) in [5.41, 5.74) is 2.48. The monoisotopic (exact) mass is 396 g/mol. The van der Waals surface area contributed by atoms with E-state index in [1.807, 2.05) is 31.2 Å². The van der Waals surface area contributed by atoms with Gasteiger partial charge in [0.1, 0.15) is 6.10 Å². The lowest BCUT2D eigenvalue weighted by Crippen LogP contribution is -2.31. The molecule has 2 aromatic rings. The molecule has 0 bridgehead atoms. The molecule has 2 unspecified atom stereocenters. The van der Waals surface area contributed by atoms with Crippen LogP contribution in [0.25, 0.3) is 0 Å². The maximum Gasteiger partial charge on any atom is 0.305 e. The highest BCUT2D eigenvalue weighted by Gasteiger charge is 2.24. The van der Waals surface area contributed by atoms with Gasteiger partial charge in [-0.2, -0.15) is 0 Å². The van der Waals surface area contributed by atoms with Crippen molar-refractivity contribution in [3.05, 3.63) is 65.2 Å². The smallest absolute Gasteiger partial charge is 0.305 e. The zero-order chi connectivity index (χ0) is 20.8. The fourth-order valence-corrected chi connectivity index (χ4v) is 3.38. The molecule has 2 aromatic carbocycles. The Bertz CT molecular complexity index is 906. The molecule has 2 amide bonds. The summed E-state index contributed by atoms with van der Waals surface area (Å²) in [4.78, 5) is 36.3. The Morgan fingerprint density at radius 1 is 1.17 bits per heavy atom. The van der Waals surface area contributed by atoms with Gasteiger partial charge in [0.05, 0.1) is 12.5 Å². The number of carbonyl (C=O) groups excluding carboxylic acids is 2. The third kappa shape index (κ3) is 5.42. The van der Waals surface area contributed by atoms with E-state index in [9.17, 15) is 19.5 Å². The minimum atomic E-state index is -1.00. The van der Waals surface area contributed by atoms with Crippen LogP contribution in [0.15, 0.2) is 48.5 Å². The van der Waals surface area contributed by atoms with Crippen LogP contribution in [-0.2, 0) is 14.3 Å². The number of hydrogen-bond acceptors (Lipinski definition) is 4. The number of carboxylic acid groups (broad SMARTS) is 1. The van der Waals surface area contributed by atoms with E-state index in [0.29, 0.717) is 24.3 Å². The Morgan fingerprint density at radius 3 is 2.66 bits per heavy atom. The van der Waals surface area contributed by atoms with Crippen LogP contribution < -0.4 is 10.6 Å². The number of carbonyl (C=O) groups is 3. The molecule has 1 aliphatic rings. The van der Waals surface area contributed by atoms with Crippen LogP contribution in [0.5, 0.6) is 0 Å². The minimum Gasteiger partial charge on any atom is -0.481 e. The molecule has 7 heteroatoms. The Kier molecular flexibility index (Phi) is 6.61. The predicted octanol–water partition coefficient (Wildman–Crippen LogP) is 3.06. The molecule has 1 fully saturated rings. The van der Waals surface area contributed by atoms with Crippen LogP contribution in [0.3, 0.4) is 0 Å². The van der Waals surface area contributed by atoms with Gasteiger partial charge in [-0.1, -0.05) is 30.3 Å². The van der Waals surface area contributed by atoms with E-state index in [2.05, 4.69) is 10.6 Å². The SMILES string of the molecule is Cc1ccccc1C(CC(=O)O)NC(=O)c1cccc(NC(=O)C2CCCO2)c1. The number of benzene rings is 2. The van der Waals surface area contributed by atoms with Crippen molar-refractivity contribution in [3.8, 4) is 0 Å². The first-order valence-corrected chi connectivity index (χ1v) is 9.55. The highest BCUT2D eigenvalue weighted by Crippen LogP contribution is 2.22. The molecule has 1 aliphatic heterocycles. The normalized spacial score (nSPS) is 16.8. The van der Waals surface area contributed by atoms with Crippen LogP contribution >= 0.6 is 0 Å². The Labute approximate surface area is 169 Å². The van der Waals surface area contributed by atoms with Gasteiger partial charge in [0.2, 0.25) is 0 Å². The summed E-state index contributed by atoms with van der Waals surface area (Å²) in [5.74, 6) is -1.65. The highest BCUT2D eigenvalue weighted by atomic mass is 16.5. The van der Waals surface area contributed by atoms with Gasteiger partial charge >= 0.3 is 5.97 Å². The van der Waals surface area contributed by atoms with Crippen molar-refractivity contribution in [1.82, 2.24) is 5.32 Å². The third-order valence-electron chi connectivity index (χ3n) is 4.86. The van der Waals surface area contributed by atoms with Gasteiger partial charge in [-0.05, 0) is 49.1 Å². The van der Waals surface area contributed by atoms with Gasteiger partial charge in [0.15, 0.2) is 0 Å². The van der Waals surface area contributed by atoms with Gasteiger partial charge in [-0.15, -0.1) is 0 Å². The molecule has 0 radical (unpaired) electrons. The number of amides is 2. The van der Waals surface area contributed by atoms with E-state index in [1.54, 1.807) is 24.3 Å². The topological polar surface area (TPSA) is 105 Å². The number of aliphatic carboxylic acids is 1. The van der Waals surface area contributed by atoms with Gasteiger partial charge < -0.3 is 20.5 Å². The van der Waals surface area contributed by atoms with Crippen molar-refractivity contribution in [1.29, 1.82) is 0 Å². The predicted molar refractivity (Wildman–Crippen MR) is 108 cm³/mol. The lowest BCUT2D eigenvalue weighted by Gasteiger charge is -2.20. The van der Waals surface area contributed by atoms with Crippen LogP contribution in [0.1, 0.15) is 46.8 Å². The van der Waals surface area contributed by atoms with E-state index in [-0.39, 0.29) is 12.3 Å². The van der Waals surface area contributed by atoms with Crippen molar-refractivity contribution in [2.75, 3.05) is 11.9 Å². The minimum absolute atomic E-state index is 0.230. The molecule has 1 saturated heterocycles. The summed E-state index contributed by atoms with van der Waals surface area (Å²) in [6.45, 7) is 2.45. The van der Waals surface area contributed by atoms with Crippen LogP contribution in [0.4, 0.5) is 5.69 Å². The first-order chi connectivity index (χ1) is 13.9. The lowest BCUT2D eigenvalue weighted by atomic mass is 9.98. The number of hydrogen-bond donors (Lipinski definition) is 3. The van der Waals surface area contributed by atoms with Gasteiger partial charge in [0.25, 0.3) is 11.8 Å². The van der Waals surface area contributed by atoms with Crippen molar-refractivity contribution in [3.63, 3.8) is 0 Å². The molecule has 0 aromatic heterocycles. The summed E-state index contributed by atoms with van der Waals surface area (Å²) in [6.07, 6.45) is 0.837. The average Bonchev–Trinajstić information content (AvgIpc) is 3.23. The van der Waals surface area contributed by atoms with E-state index in [1.165, 1.54) is 0 Å². The number of anilines is 1. The molecule has 2 atom stereocenters. The van der Waals surface area contributed by atoms with Crippen LogP contribution in [0, 0.1) is 6.92 Å². The molecule has 0 aliphatic carbocycles. The first kappa shape index (κ1) is 20.5. The molecular weight excluding hydrogens is 372 g/mol. The summed E-state index contributed by atoms with van der Waals surface area (Å²) >= 11 is 0. The number of nitrogens with one attached hydrogen (secondary N) is 2. The molecule has 0 saturated carbocycles. The molecule has 3 N–H and O–H groups in total. The molecule has 152 valence electrons. The van der Waals surface area contributed by atoms with Gasteiger partial charge in [-0.25, -0.2) is 0 Å². The fraction of sp³-hybridized carbons (Fsp3) is 0.318. The quantitative estimate of drug-likeness (QED) is 0.667. The lowest BCUT2D eigenvalue weighted by molar-refractivity contribution is -0.137. The molecule has 3 rings (SSSR count). The number of rotatable bonds is 7. The van der Waals surface area contributed by atoms with E-state index >= 15 is 0 Å². The zero-order valence-corrected chi connectivity index (χ0v) is 16.2. The summed E-state index contributed by atoms with van der Waals surface area (Å²) < 4.78 is 5.37. The molecule has 29 heavy (non-hydrogen) atoms. The standard InChI is InChI=1S/C22H24N2O5/c1-14-6-2-3-9-17(14)18(13-20(25)26)24-21(27)15-7-4-8-16(12-15)23-22(28)19-10-5-11-29-19/h2-4,6-9,12,18-19H,5,10-11,13H2,1H3,(H,23,28)(H,24,27)(H,25,26). The van der Waals surface area contributed by atoms with E-state index in [0.717, 1.165) is 17.5 Å². The number of aryl methyl sites for hydroxylation is 1. The van der Waals surface area contributed by atoms with Crippen molar-refractivity contribution in [2.45, 2.75) is 38.3 Å². The largest absolute Gasteiger partial charge is 0.481 e. The second-order valence-corrected chi connectivity index (χ2v) is 7.05. The van der Waals surface area contributed by atoms with Crippen molar-refractivity contribution >= 4 is 23.5 Å². The second-order valence-electron chi connectivity index (χ2n) is 7.05.